The van der Waals surface area contributed by atoms with E-state index in [2.05, 4.69) is 10.4 Å². The number of primary amides is 1. The molecule has 1 aromatic heterocycles. The van der Waals surface area contributed by atoms with Crippen molar-refractivity contribution in [2.75, 3.05) is 12.4 Å². The molecule has 6 nitrogen and oxygen atoms in total. The van der Waals surface area contributed by atoms with Gasteiger partial charge in [0.1, 0.15) is 17.1 Å². The van der Waals surface area contributed by atoms with E-state index in [1.807, 2.05) is 0 Å². The first-order chi connectivity index (χ1) is 11.3. The van der Waals surface area contributed by atoms with Crippen LogP contribution in [0.2, 0.25) is 0 Å². The number of methoxy groups -OCH3 is 1. The van der Waals surface area contributed by atoms with Gasteiger partial charge in [-0.15, -0.1) is 0 Å². The number of amides is 1. The highest BCUT2D eigenvalue weighted by molar-refractivity contribution is 5.97. The number of halogens is 3. The third kappa shape index (κ3) is 2.77. The van der Waals surface area contributed by atoms with Gasteiger partial charge in [0, 0.05) is 6.42 Å². The molecule has 2 atom stereocenters. The van der Waals surface area contributed by atoms with Crippen LogP contribution >= 0.6 is 0 Å². The molecule has 2 aromatic rings. The maximum Gasteiger partial charge on any atom is 0.410 e. The van der Waals surface area contributed by atoms with Gasteiger partial charge in [-0.25, -0.2) is 4.68 Å². The number of anilines is 1. The molecule has 3 N–H and O–H groups in total. The van der Waals surface area contributed by atoms with E-state index in [9.17, 15) is 18.0 Å². The standard InChI is InChI=1S/C15H15F3N4O2/c1-24-9-4-2-8(3-5-9)11-6-12(15(16,17)18)22-14(21-11)10(7-20-22)13(19)23/h2-5,7,11-12,21H,6H2,1H3,(H2,19,23)/t11-,12+/m1/s1. The molecule has 0 saturated carbocycles. The molecular formula is C15H15F3N4O2. The van der Waals surface area contributed by atoms with Crippen molar-refractivity contribution >= 4 is 11.7 Å². The number of nitrogens with two attached hydrogens (primary N) is 1. The highest BCUT2D eigenvalue weighted by Gasteiger charge is 2.47. The zero-order valence-electron chi connectivity index (χ0n) is 12.7. The number of rotatable bonds is 3. The quantitative estimate of drug-likeness (QED) is 0.900. The van der Waals surface area contributed by atoms with Gasteiger partial charge in [-0.3, -0.25) is 4.79 Å². The van der Waals surface area contributed by atoms with Crippen molar-refractivity contribution in [3.8, 4) is 5.75 Å². The van der Waals surface area contributed by atoms with Gasteiger partial charge < -0.3 is 15.8 Å². The monoisotopic (exact) mass is 340 g/mol. The average molecular weight is 340 g/mol. The minimum atomic E-state index is -4.50. The zero-order chi connectivity index (χ0) is 17.5. The van der Waals surface area contributed by atoms with E-state index in [1.165, 1.54) is 7.11 Å². The molecule has 0 bridgehead atoms. The van der Waals surface area contributed by atoms with E-state index in [-0.39, 0.29) is 17.8 Å². The van der Waals surface area contributed by atoms with E-state index < -0.39 is 24.2 Å². The second-order valence-corrected chi connectivity index (χ2v) is 5.48. The van der Waals surface area contributed by atoms with E-state index in [1.54, 1.807) is 24.3 Å². The number of nitrogens with zero attached hydrogens (tertiary/aromatic N) is 2. The lowest BCUT2D eigenvalue weighted by Crippen LogP contribution is -2.36. The Bertz CT molecular complexity index is 755. The van der Waals surface area contributed by atoms with E-state index in [0.29, 0.717) is 11.3 Å². The summed E-state index contributed by atoms with van der Waals surface area (Å²) in [6.45, 7) is 0. The largest absolute Gasteiger partial charge is 0.497 e. The summed E-state index contributed by atoms with van der Waals surface area (Å²) in [5.74, 6) is -0.248. The number of ether oxygens (including phenoxy) is 1. The fraction of sp³-hybridized carbons (Fsp3) is 0.333. The Kier molecular flexibility index (Phi) is 3.86. The number of nitrogens with one attached hydrogen (secondary N) is 1. The number of hydrogen-bond acceptors (Lipinski definition) is 4. The maximum absolute atomic E-state index is 13.4. The molecule has 0 radical (unpaired) electrons. The van der Waals surface area contributed by atoms with Crippen LogP contribution in [-0.2, 0) is 0 Å². The first-order valence-corrected chi connectivity index (χ1v) is 7.15. The SMILES string of the molecule is COc1ccc([C@H]2C[C@@H](C(F)(F)F)n3ncc(C(N)=O)c3N2)cc1. The third-order valence-electron chi connectivity index (χ3n) is 4.02. The van der Waals surface area contributed by atoms with Crippen LogP contribution in [0.5, 0.6) is 5.75 Å². The minimum absolute atomic E-state index is 0.0168. The molecular weight excluding hydrogens is 325 g/mol. The molecule has 0 spiro atoms. The van der Waals surface area contributed by atoms with Crippen molar-refractivity contribution in [1.82, 2.24) is 9.78 Å². The maximum atomic E-state index is 13.4. The molecule has 0 saturated heterocycles. The summed E-state index contributed by atoms with van der Waals surface area (Å²) < 4.78 is 46.1. The van der Waals surface area contributed by atoms with Crippen molar-refractivity contribution in [3.63, 3.8) is 0 Å². The number of hydrogen-bond donors (Lipinski definition) is 2. The fourth-order valence-corrected chi connectivity index (χ4v) is 2.80. The summed E-state index contributed by atoms with van der Waals surface area (Å²) in [5.41, 5.74) is 5.81. The normalized spacial score (nSPS) is 20.2. The van der Waals surface area contributed by atoms with Crippen LogP contribution in [0.3, 0.4) is 0 Å². The smallest absolute Gasteiger partial charge is 0.410 e. The summed E-state index contributed by atoms with van der Waals surface area (Å²) in [6, 6.07) is 4.22. The van der Waals surface area contributed by atoms with Crippen LogP contribution in [-0.4, -0.2) is 29.0 Å². The van der Waals surface area contributed by atoms with Crippen molar-refractivity contribution in [3.05, 3.63) is 41.6 Å². The van der Waals surface area contributed by atoms with Crippen LogP contribution in [0.1, 0.15) is 34.4 Å². The Balaban J connectivity index is 2.02. The lowest BCUT2D eigenvalue weighted by atomic mass is 9.96. The van der Waals surface area contributed by atoms with Crippen molar-refractivity contribution in [2.45, 2.75) is 24.7 Å². The Morgan fingerprint density at radius 3 is 2.58 bits per heavy atom. The van der Waals surface area contributed by atoms with Crippen molar-refractivity contribution in [2.24, 2.45) is 5.73 Å². The van der Waals surface area contributed by atoms with Crippen LogP contribution in [0.25, 0.3) is 0 Å². The molecule has 0 unspecified atom stereocenters. The summed E-state index contributed by atoms with van der Waals surface area (Å²) in [6.07, 6.45) is -3.69. The summed E-state index contributed by atoms with van der Waals surface area (Å²) in [5, 5.41) is 6.64. The number of carbonyl (C=O) groups excluding carboxylic acids is 1. The molecule has 1 aromatic carbocycles. The van der Waals surface area contributed by atoms with Gasteiger partial charge in [-0.2, -0.15) is 18.3 Å². The molecule has 0 fully saturated rings. The lowest BCUT2D eigenvalue weighted by molar-refractivity contribution is -0.173. The molecule has 1 aliphatic rings. The predicted octanol–water partition coefficient (Wildman–Crippen LogP) is 2.65. The zero-order valence-corrected chi connectivity index (χ0v) is 12.7. The number of benzene rings is 1. The number of carbonyl (C=O) groups is 1. The van der Waals surface area contributed by atoms with Gasteiger partial charge in [0.25, 0.3) is 5.91 Å². The highest BCUT2D eigenvalue weighted by atomic mass is 19.4. The Hall–Kier alpha value is -2.71. The van der Waals surface area contributed by atoms with Gasteiger partial charge in [0.05, 0.1) is 19.3 Å². The molecule has 24 heavy (non-hydrogen) atoms. The first kappa shape index (κ1) is 16.2. The van der Waals surface area contributed by atoms with Crippen LogP contribution in [0.4, 0.5) is 19.0 Å². The Labute approximate surface area is 135 Å². The molecule has 0 aliphatic carbocycles. The van der Waals surface area contributed by atoms with Gasteiger partial charge >= 0.3 is 6.18 Å². The van der Waals surface area contributed by atoms with Crippen molar-refractivity contribution in [1.29, 1.82) is 0 Å². The predicted molar refractivity (Wildman–Crippen MR) is 79.8 cm³/mol. The second-order valence-electron chi connectivity index (χ2n) is 5.48. The second kappa shape index (κ2) is 5.73. The van der Waals surface area contributed by atoms with E-state index >= 15 is 0 Å². The fourth-order valence-electron chi connectivity index (χ4n) is 2.80. The Morgan fingerprint density at radius 2 is 2.04 bits per heavy atom. The van der Waals surface area contributed by atoms with E-state index in [4.69, 9.17) is 10.5 Å². The van der Waals surface area contributed by atoms with Crippen molar-refractivity contribution < 1.29 is 22.7 Å². The summed E-state index contributed by atoms with van der Waals surface area (Å²) in [7, 11) is 1.51. The van der Waals surface area contributed by atoms with Gasteiger partial charge in [0.2, 0.25) is 0 Å². The topological polar surface area (TPSA) is 82.2 Å². The van der Waals surface area contributed by atoms with Crippen LogP contribution in [0, 0.1) is 0 Å². The van der Waals surface area contributed by atoms with Gasteiger partial charge in [-0.05, 0) is 17.7 Å². The highest BCUT2D eigenvalue weighted by Crippen LogP contribution is 2.44. The summed E-state index contributed by atoms with van der Waals surface area (Å²) in [4.78, 5) is 11.4. The molecule has 9 heteroatoms. The number of fused-ring (bicyclic) bond motifs is 1. The summed E-state index contributed by atoms with van der Waals surface area (Å²) >= 11 is 0. The van der Waals surface area contributed by atoms with Crippen LogP contribution in [0.15, 0.2) is 30.5 Å². The third-order valence-corrected chi connectivity index (χ3v) is 4.02. The number of alkyl halides is 3. The first-order valence-electron chi connectivity index (χ1n) is 7.15. The molecule has 2 heterocycles. The van der Waals surface area contributed by atoms with Gasteiger partial charge in [0.15, 0.2) is 6.04 Å². The molecule has 1 aliphatic heterocycles. The Morgan fingerprint density at radius 1 is 1.38 bits per heavy atom. The molecule has 1 amide bonds. The van der Waals surface area contributed by atoms with E-state index in [0.717, 1.165) is 10.9 Å². The average Bonchev–Trinajstić information content (AvgIpc) is 2.97. The minimum Gasteiger partial charge on any atom is -0.497 e. The molecule has 128 valence electrons. The lowest BCUT2D eigenvalue weighted by Gasteiger charge is -2.34. The van der Waals surface area contributed by atoms with Gasteiger partial charge in [-0.1, -0.05) is 12.1 Å². The molecule has 3 rings (SSSR count). The van der Waals surface area contributed by atoms with Crippen LogP contribution < -0.4 is 15.8 Å². The number of aromatic nitrogens is 2.